The largest absolute Gasteiger partial charge is 0.455 e. The van der Waals surface area contributed by atoms with Crippen molar-refractivity contribution < 1.29 is 33.8 Å². The van der Waals surface area contributed by atoms with Gasteiger partial charge in [-0.1, -0.05) is 93.0 Å². The number of aliphatic hydroxyl groups excluding tert-OH is 1. The van der Waals surface area contributed by atoms with Gasteiger partial charge >= 0.3 is 5.97 Å². The lowest BCUT2D eigenvalue weighted by atomic mass is 9.70. The third-order valence-electron chi connectivity index (χ3n) is 10.6. The summed E-state index contributed by atoms with van der Waals surface area (Å²) in [4.78, 5) is 60.5. The Morgan fingerprint density at radius 3 is 2.35 bits per heavy atom. The van der Waals surface area contributed by atoms with Crippen LogP contribution < -0.4 is 5.32 Å². The van der Waals surface area contributed by atoms with E-state index in [1.165, 1.54) is 4.90 Å². The summed E-state index contributed by atoms with van der Waals surface area (Å²) >= 11 is 3.77. The van der Waals surface area contributed by atoms with Crippen LogP contribution in [0.1, 0.15) is 99.2 Å². The molecule has 9 atom stereocenters. The van der Waals surface area contributed by atoms with Crippen LogP contribution in [0.5, 0.6) is 0 Å². The minimum atomic E-state index is -1.34. The fourth-order valence-electron chi connectivity index (χ4n) is 9.08. The monoisotopic (exact) mass is 785 g/mol. The van der Waals surface area contributed by atoms with Crippen molar-refractivity contribution in [3.63, 3.8) is 0 Å². The molecule has 2 bridgehead atoms. The molecular weight excluding hydrogens is 726 g/mol. The zero-order chi connectivity index (χ0) is 38.8. The smallest absolute Gasteiger partial charge is 0.313 e. The van der Waals surface area contributed by atoms with Crippen LogP contribution in [0.4, 0.5) is 0 Å². The van der Waals surface area contributed by atoms with Crippen LogP contribution in [-0.2, 0) is 28.7 Å². The molecule has 1 aromatic rings. The maximum absolute atomic E-state index is 15.2. The van der Waals surface area contributed by atoms with Crippen molar-refractivity contribution in [2.45, 2.75) is 134 Å². The number of fused-ring (bicyclic) bond motifs is 1. The number of rotatable bonds is 17. The molecule has 3 saturated heterocycles. The number of hydrogen-bond donors (Lipinski definition) is 2. The van der Waals surface area contributed by atoms with Crippen LogP contribution in [0.15, 0.2) is 55.6 Å². The van der Waals surface area contributed by atoms with E-state index < -0.39 is 65.2 Å². The van der Waals surface area contributed by atoms with Crippen molar-refractivity contribution in [1.29, 1.82) is 0 Å². The standard InChI is InChI=1S/C41H60BrN3O7/c1-11-13-19-30(47)43-26(5)33(27-17-15-14-16-18-27)51-38(50)31-32-36(48)45(28(23-46)21-25(3)4)35(41(32)22-29(42)34(31)52-41)37(49)44(20-12-2)40(9,10)24-39(6,7)8/h11-12,14-18,25-26,28-29,31-35,46H,1-2,13,19-24H2,3-10H3,(H,43,47)/t26-,28-,29?,31-,32+,33-,34-,35-,41+/m1/s1. The lowest BCUT2D eigenvalue weighted by Crippen LogP contribution is -2.62. The normalized spacial score (nSPS) is 27.2. The van der Waals surface area contributed by atoms with Crippen molar-refractivity contribution in [2.75, 3.05) is 13.2 Å². The number of carbonyl (C=O) groups is 4. The maximum atomic E-state index is 15.2. The van der Waals surface area contributed by atoms with E-state index in [0.29, 0.717) is 31.2 Å². The van der Waals surface area contributed by atoms with Gasteiger partial charge in [0.25, 0.3) is 0 Å². The Labute approximate surface area is 318 Å². The Balaban J connectivity index is 1.79. The van der Waals surface area contributed by atoms with Gasteiger partial charge < -0.3 is 29.7 Å². The summed E-state index contributed by atoms with van der Waals surface area (Å²) in [6, 6.07) is 6.84. The van der Waals surface area contributed by atoms with E-state index in [9.17, 15) is 19.5 Å². The molecule has 4 rings (SSSR count). The SMILES string of the molecule is C=CCCC(=O)N[C@H](C)[C@@H](OC(=O)[C@H]1[C@@H]2O[C@@]3(CC2Br)[C@@H]1C(=O)N([C@@H](CO)CC(C)C)[C@@H]3C(=O)N(CC=C)C(C)(C)CC(C)(C)C)c1ccccc1. The fourth-order valence-corrected chi connectivity index (χ4v) is 10.0. The maximum Gasteiger partial charge on any atom is 0.313 e. The number of nitrogens with zero attached hydrogens (tertiary/aromatic N) is 2. The molecule has 1 unspecified atom stereocenters. The van der Waals surface area contributed by atoms with E-state index in [0.717, 1.165) is 0 Å². The van der Waals surface area contributed by atoms with Gasteiger partial charge in [0.1, 0.15) is 17.7 Å². The number of ether oxygens (including phenoxy) is 2. The molecule has 1 spiro atoms. The molecule has 3 fully saturated rings. The molecule has 0 aliphatic carbocycles. The van der Waals surface area contributed by atoms with Crippen LogP contribution in [0.25, 0.3) is 0 Å². The topological polar surface area (TPSA) is 125 Å². The van der Waals surface area contributed by atoms with Gasteiger partial charge in [-0.3, -0.25) is 19.2 Å². The average molecular weight is 787 g/mol. The Kier molecular flexibility index (Phi) is 13.3. The molecule has 3 heterocycles. The van der Waals surface area contributed by atoms with Gasteiger partial charge in [-0.25, -0.2) is 0 Å². The van der Waals surface area contributed by atoms with Gasteiger partial charge in [-0.05, 0) is 63.4 Å². The number of alkyl halides is 1. The second-order valence-electron chi connectivity index (χ2n) is 17.1. The molecule has 2 N–H and O–H groups in total. The summed E-state index contributed by atoms with van der Waals surface area (Å²) in [5.74, 6) is -3.46. The molecule has 3 aliphatic heterocycles. The van der Waals surface area contributed by atoms with Gasteiger partial charge in [0.2, 0.25) is 17.7 Å². The van der Waals surface area contributed by atoms with Crippen LogP contribution in [-0.4, -0.2) is 91.9 Å². The van der Waals surface area contributed by atoms with E-state index >= 15 is 4.79 Å². The predicted octanol–water partition coefficient (Wildman–Crippen LogP) is 6.13. The van der Waals surface area contributed by atoms with Crippen molar-refractivity contribution in [2.24, 2.45) is 23.2 Å². The molecule has 11 heteroatoms. The number of benzene rings is 1. The number of allylic oxidation sites excluding steroid dienone is 1. The summed E-state index contributed by atoms with van der Waals surface area (Å²) in [7, 11) is 0. The zero-order valence-electron chi connectivity index (χ0n) is 32.3. The van der Waals surface area contributed by atoms with E-state index in [1.807, 2.05) is 58.0 Å². The highest BCUT2D eigenvalue weighted by Crippen LogP contribution is 2.61. The molecule has 52 heavy (non-hydrogen) atoms. The van der Waals surface area contributed by atoms with Crippen LogP contribution in [0.3, 0.4) is 0 Å². The third-order valence-corrected chi connectivity index (χ3v) is 11.5. The third kappa shape index (κ3) is 8.52. The minimum absolute atomic E-state index is 0.108. The number of amides is 3. The van der Waals surface area contributed by atoms with Gasteiger partial charge in [0, 0.05) is 23.3 Å². The molecule has 10 nitrogen and oxygen atoms in total. The number of nitrogens with one attached hydrogen (secondary N) is 1. The summed E-state index contributed by atoms with van der Waals surface area (Å²) in [5.41, 5.74) is -1.40. The van der Waals surface area contributed by atoms with E-state index in [-0.39, 0.29) is 47.5 Å². The fraction of sp³-hybridized carbons (Fsp3) is 0.659. The number of esters is 1. The summed E-state index contributed by atoms with van der Waals surface area (Å²) in [6.45, 7) is 23.8. The molecule has 288 valence electrons. The van der Waals surface area contributed by atoms with Crippen molar-refractivity contribution in [3.8, 4) is 0 Å². The molecule has 1 aromatic carbocycles. The lowest BCUT2D eigenvalue weighted by molar-refractivity contribution is -0.163. The Hall–Kier alpha value is -3.02. The highest BCUT2D eigenvalue weighted by atomic mass is 79.9. The highest BCUT2D eigenvalue weighted by Gasteiger charge is 2.78. The quantitative estimate of drug-likeness (QED) is 0.111. The zero-order valence-corrected chi connectivity index (χ0v) is 33.9. The minimum Gasteiger partial charge on any atom is -0.455 e. The van der Waals surface area contributed by atoms with E-state index in [4.69, 9.17) is 9.47 Å². The first kappa shape index (κ1) is 41.7. The van der Waals surface area contributed by atoms with Crippen molar-refractivity contribution >= 4 is 39.6 Å². The predicted molar refractivity (Wildman–Crippen MR) is 205 cm³/mol. The average Bonchev–Trinajstić information content (AvgIpc) is 3.65. The van der Waals surface area contributed by atoms with Gasteiger partial charge in [0.05, 0.1) is 36.6 Å². The Morgan fingerprint density at radius 2 is 1.79 bits per heavy atom. The van der Waals surface area contributed by atoms with E-state index in [2.05, 4.69) is 55.2 Å². The number of likely N-dealkylation sites (tertiary alicyclic amines) is 1. The van der Waals surface area contributed by atoms with Gasteiger partial charge in [-0.15, -0.1) is 13.2 Å². The molecule has 0 radical (unpaired) electrons. The van der Waals surface area contributed by atoms with Gasteiger partial charge in [0.15, 0.2) is 0 Å². The summed E-state index contributed by atoms with van der Waals surface area (Å²) in [6.07, 6.45) is 3.98. The van der Waals surface area contributed by atoms with Crippen molar-refractivity contribution in [3.05, 3.63) is 61.2 Å². The Morgan fingerprint density at radius 1 is 1.13 bits per heavy atom. The van der Waals surface area contributed by atoms with Crippen molar-refractivity contribution in [1.82, 2.24) is 15.1 Å². The molecule has 3 amide bonds. The summed E-state index contributed by atoms with van der Waals surface area (Å²) in [5, 5.41) is 13.7. The number of hydrogen-bond acceptors (Lipinski definition) is 7. The number of carbonyl (C=O) groups excluding carboxylic acids is 4. The lowest BCUT2D eigenvalue weighted by Gasteiger charge is -2.46. The van der Waals surface area contributed by atoms with Gasteiger partial charge in [-0.2, -0.15) is 0 Å². The van der Waals surface area contributed by atoms with Crippen LogP contribution in [0, 0.1) is 23.2 Å². The number of aliphatic hydroxyl groups is 1. The van der Waals surface area contributed by atoms with E-state index in [1.54, 1.807) is 24.0 Å². The van der Waals surface area contributed by atoms with Crippen LogP contribution in [0.2, 0.25) is 0 Å². The Bertz CT molecular complexity index is 1480. The second kappa shape index (κ2) is 16.6. The van der Waals surface area contributed by atoms with Crippen LogP contribution >= 0.6 is 15.9 Å². The second-order valence-corrected chi connectivity index (χ2v) is 18.3. The first-order chi connectivity index (χ1) is 24.3. The molecule has 3 aliphatic rings. The molecule has 0 aromatic heterocycles. The first-order valence-corrected chi connectivity index (χ1v) is 19.6. The molecular formula is C41H60BrN3O7. The summed E-state index contributed by atoms with van der Waals surface area (Å²) < 4.78 is 13.1. The highest BCUT2D eigenvalue weighted by molar-refractivity contribution is 9.09. The first-order valence-electron chi connectivity index (χ1n) is 18.7. The number of halogens is 1. The molecule has 0 saturated carbocycles.